The molecular weight excluding hydrogens is 302 g/mol. The molecule has 0 heterocycles. The van der Waals surface area contributed by atoms with Crippen LogP contribution in [0.2, 0.25) is 0 Å². The number of rotatable bonds is 1. The fourth-order valence-electron chi connectivity index (χ4n) is 0.172. The third kappa shape index (κ3) is 358. The smallest absolute Gasteiger partial charge is 0.398 e. The predicted molar refractivity (Wildman–Crippen MR) is 60.3 cm³/mol. The van der Waals surface area contributed by atoms with Gasteiger partial charge in [-0.1, -0.05) is 6.08 Å². The summed E-state index contributed by atoms with van der Waals surface area (Å²) in [4.78, 5) is 0. The van der Waals surface area contributed by atoms with E-state index < -0.39 is 32.3 Å². The molecule has 0 aliphatic rings. The van der Waals surface area contributed by atoms with Gasteiger partial charge in [0.25, 0.3) is 10.1 Å². The highest BCUT2D eigenvalue weighted by atomic mass is 32.2. The Labute approximate surface area is 108 Å². The number of hydrogen-bond acceptors (Lipinski definition) is 8. The Bertz CT molecular complexity index is 261. The Hall–Kier alpha value is -0.605. The minimum absolute atomic E-state index is 0.715. The minimum Gasteiger partial charge on any atom is -0.398 e. The van der Waals surface area contributed by atoms with Crippen molar-refractivity contribution in [3.8, 4) is 0 Å². The molecule has 9 nitrogen and oxygen atoms in total. The summed E-state index contributed by atoms with van der Waals surface area (Å²) in [5.41, 5.74) is 0. The molecular formula is C3H12B3F3O9S. The van der Waals surface area contributed by atoms with E-state index in [0.29, 0.717) is 5.41 Å². The van der Waals surface area contributed by atoms with Gasteiger partial charge >= 0.3 is 22.2 Å². The van der Waals surface area contributed by atoms with Gasteiger partial charge in [-0.2, -0.15) is 8.42 Å². The van der Waals surface area contributed by atoms with Crippen molar-refractivity contribution in [2.45, 2.75) is 6.92 Å². The number of allylic oxidation sites excluding steroid dienone is 1. The molecule has 114 valence electrons. The average Bonchev–Trinajstić information content (AvgIpc) is 1.96. The van der Waals surface area contributed by atoms with Gasteiger partial charge in [0, 0.05) is 0 Å². The fourth-order valence-corrected chi connectivity index (χ4v) is 0.516. The Balaban J connectivity index is -0.0000000825. The van der Waals surface area contributed by atoms with Gasteiger partial charge in [-0.3, -0.25) is 17.5 Å². The van der Waals surface area contributed by atoms with Crippen molar-refractivity contribution in [3.63, 3.8) is 0 Å². The van der Waals surface area contributed by atoms with Crippen molar-refractivity contribution >= 4 is 32.3 Å². The van der Waals surface area contributed by atoms with Crippen molar-refractivity contribution in [1.82, 2.24) is 0 Å². The SMILES string of the molecule is C/C=C\S(=O)(=O)O.OB(O)F.OB(O)F.OB(O)F. The molecule has 0 aliphatic carbocycles. The van der Waals surface area contributed by atoms with Crippen LogP contribution in [-0.4, -0.2) is 65.3 Å². The second-order valence-electron chi connectivity index (χ2n) is 1.92. The van der Waals surface area contributed by atoms with Crippen molar-refractivity contribution < 1.29 is 56.1 Å². The largest absolute Gasteiger partial charge is 0.674 e. The summed E-state index contributed by atoms with van der Waals surface area (Å²) in [6.45, 7) is 1.51. The predicted octanol–water partition coefficient (Wildman–Crippen LogP) is -2.82. The lowest BCUT2D eigenvalue weighted by Gasteiger charge is -1.76. The second-order valence-corrected chi connectivity index (χ2v) is 3.22. The molecule has 19 heavy (non-hydrogen) atoms. The zero-order chi connectivity index (χ0) is 16.6. The maximum absolute atomic E-state index is 10.1. The Morgan fingerprint density at radius 1 is 0.842 bits per heavy atom. The van der Waals surface area contributed by atoms with E-state index >= 15 is 0 Å². The van der Waals surface area contributed by atoms with Crippen LogP contribution in [0.1, 0.15) is 6.92 Å². The molecule has 7 N–H and O–H groups in total. The van der Waals surface area contributed by atoms with Crippen molar-refractivity contribution in [2.75, 3.05) is 0 Å². The van der Waals surface area contributed by atoms with Gasteiger partial charge in [-0.25, -0.2) is 0 Å². The molecule has 0 amide bonds. The molecule has 0 rings (SSSR count). The lowest BCUT2D eigenvalue weighted by atomic mass is 10.3. The van der Waals surface area contributed by atoms with Gasteiger partial charge in [0.05, 0.1) is 5.41 Å². The minimum atomic E-state index is -3.85. The summed E-state index contributed by atoms with van der Waals surface area (Å²) in [5, 5.41) is 42.4. The molecule has 0 bridgehead atoms. The second kappa shape index (κ2) is 17.4. The topological polar surface area (TPSA) is 176 Å². The third-order valence-electron chi connectivity index (χ3n) is 0.308. The molecule has 0 aromatic rings. The van der Waals surface area contributed by atoms with Crippen LogP contribution in [0.25, 0.3) is 0 Å². The highest BCUT2D eigenvalue weighted by Crippen LogP contribution is 1.80. The van der Waals surface area contributed by atoms with Crippen molar-refractivity contribution in [2.24, 2.45) is 0 Å². The van der Waals surface area contributed by atoms with Gasteiger partial charge in [-0.15, -0.1) is 0 Å². The summed E-state index contributed by atoms with van der Waals surface area (Å²) in [5.74, 6) is 0. The zero-order valence-electron chi connectivity index (χ0n) is 9.38. The molecule has 0 spiro atoms. The van der Waals surface area contributed by atoms with Gasteiger partial charge in [0.15, 0.2) is 0 Å². The van der Waals surface area contributed by atoms with Crippen LogP contribution in [0.3, 0.4) is 0 Å². The third-order valence-corrected chi connectivity index (χ3v) is 0.924. The Morgan fingerprint density at radius 3 is 1.00 bits per heavy atom. The van der Waals surface area contributed by atoms with Crippen LogP contribution in [0.5, 0.6) is 0 Å². The van der Waals surface area contributed by atoms with E-state index in [0.717, 1.165) is 0 Å². The van der Waals surface area contributed by atoms with E-state index in [2.05, 4.69) is 0 Å². The molecule has 0 radical (unpaired) electrons. The molecule has 0 aromatic heterocycles. The first kappa shape index (κ1) is 26.9. The summed E-state index contributed by atoms with van der Waals surface area (Å²) in [6.07, 6.45) is 1.25. The Morgan fingerprint density at radius 2 is 1.00 bits per heavy atom. The number of hydrogen-bond donors (Lipinski definition) is 7. The zero-order valence-corrected chi connectivity index (χ0v) is 10.2. The molecule has 0 fully saturated rings. The van der Waals surface area contributed by atoms with Gasteiger partial charge in [0.1, 0.15) is 0 Å². The quantitative estimate of drug-likeness (QED) is 0.199. The average molecular weight is 314 g/mol. The van der Waals surface area contributed by atoms with Crippen LogP contribution < -0.4 is 0 Å². The molecule has 0 unspecified atom stereocenters. The summed E-state index contributed by atoms with van der Waals surface area (Å²) < 4.78 is 57.6. The maximum atomic E-state index is 10.1. The highest BCUT2D eigenvalue weighted by molar-refractivity contribution is 7.88. The van der Waals surface area contributed by atoms with Crippen LogP contribution >= 0.6 is 0 Å². The molecule has 0 saturated heterocycles. The lowest BCUT2D eigenvalue weighted by Crippen LogP contribution is -1.98. The molecule has 0 aromatic carbocycles. The maximum Gasteiger partial charge on any atom is 0.674 e. The molecule has 16 heteroatoms. The highest BCUT2D eigenvalue weighted by Gasteiger charge is 1.98. The van der Waals surface area contributed by atoms with Gasteiger partial charge < -0.3 is 30.1 Å². The van der Waals surface area contributed by atoms with E-state index in [4.69, 9.17) is 34.7 Å². The molecule has 0 saturated carbocycles. The van der Waals surface area contributed by atoms with Gasteiger partial charge in [-0.05, 0) is 6.92 Å². The monoisotopic (exact) mass is 314 g/mol. The first-order valence-electron chi connectivity index (χ1n) is 3.87. The Kier molecular flexibility index (Phi) is 24.6. The molecule has 0 aliphatic heterocycles. The first-order chi connectivity index (χ1) is 8.26. The van der Waals surface area contributed by atoms with E-state index in [9.17, 15) is 21.4 Å². The summed E-state index contributed by atoms with van der Waals surface area (Å²) in [6, 6.07) is 0. The van der Waals surface area contributed by atoms with Crippen LogP contribution in [-0.2, 0) is 10.1 Å². The summed E-state index contributed by atoms with van der Waals surface area (Å²) >= 11 is 0. The van der Waals surface area contributed by atoms with E-state index in [1.807, 2.05) is 0 Å². The summed E-state index contributed by atoms with van der Waals surface area (Å²) in [7, 11) is -11.9. The van der Waals surface area contributed by atoms with E-state index in [1.165, 1.54) is 13.0 Å². The van der Waals surface area contributed by atoms with Crippen LogP contribution in [0.4, 0.5) is 12.9 Å². The molecule has 0 atom stereocenters. The lowest BCUT2D eigenvalue weighted by molar-refractivity contribution is 0.338. The van der Waals surface area contributed by atoms with E-state index in [1.54, 1.807) is 0 Å². The van der Waals surface area contributed by atoms with Crippen LogP contribution in [0.15, 0.2) is 11.5 Å². The van der Waals surface area contributed by atoms with Crippen molar-refractivity contribution in [1.29, 1.82) is 0 Å². The van der Waals surface area contributed by atoms with Gasteiger partial charge in [0.2, 0.25) is 0 Å². The standard InChI is InChI=1S/C3H6O3S.3BFH2O2/c1-2-3-7(4,5)6;3*2-1(3)4/h2-3H,1H3,(H,4,5,6);3*3-4H/b3-2-;;;. The number of halogens is 3. The first-order valence-corrected chi connectivity index (χ1v) is 5.37. The van der Waals surface area contributed by atoms with E-state index in [-0.39, 0.29) is 0 Å². The van der Waals surface area contributed by atoms with Crippen molar-refractivity contribution in [3.05, 3.63) is 11.5 Å². The normalized spacial score (nSPS) is 9.00. The fraction of sp³-hybridized carbons (Fsp3) is 0.333. The van der Waals surface area contributed by atoms with Crippen LogP contribution in [0, 0.1) is 0 Å².